The Labute approximate surface area is 209 Å². The van der Waals surface area contributed by atoms with Gasteiger partial charge in [0.05, 0.1) is 42.9 Å². The van der Waals surface area contributed by atoms with Crippen molar-refractivity contribution >= 4 is 5.52 Å². The number of ether oxygens (including phenoxy) is 2. The maximum atomic E-state index is 9.65. The van der Waals surface area contributed by atoms with Crippen LogP contribution in [0, 0.1) is 18.3 Å². The fourth-order valence-corrected chi connectivity index (χ4v) is 5.16. The van der Waals surface area contributed by atoms with E-state index in [4.69, 9.17) is 9.47 Å². The van der Waals surface area contributed by atoms with Gasteiger partial charge in [-0.2, -0.15) is 10.4 Å². The zero-order chi connectivity index (χ0) is 24.6. The zero-order valence-electron chi connectivity index (χ0n) is 20.4. The van der Waals surface area contributed by atoms with Gasteiger partial charge in [0.1, 0.15) is 34.7 Å². The molecule has 0 bridgehead atoms. The van der Waals surface area contributed by atoms with Crippen LogP contribution in [0.25, 0.3) is 16.8 Å². The first-order valence-corrected chi connectivity index (χ1v) is 12.4. The van der Waals surface area contributed by atoms with Gasteiger partial charge in [0.2, 0.25) is 0 Å². The molecule has 10 heteroatoms. The highest BCUT2D eigenvalue weighted by Gasteiger charge is 2.32. The summed E-state index contributed by atoms with van der Waals surface area (Å²) < 4.78 is 15.5. The number of rotatable bonds is 6. The van der Waals surface area contributed by atoms with Crippen LogP contribution in [0.2, 0.25) is 0 Å². The minimum absolute atomic E-state index is 0.277. The molecular formula is C26H28N8O2. The monoisotopic (exact) mass is 484 g/mol. The number of aromatic nitrogens is 6. The third-order valence-electron chi connectivity index (χ3n) is 7.22. The summed E-state index contributed by atoms with van der Waals surface area (Å²) in [4.78, 5) is 6.93. The van der Waals surface area contributed by atoms with Crippen molar-refractivity contribution in [2.75, 3.05) is 26.3 Å². The molecule has 10 nitrogen and oxygen atoms in total. The zero-order valence-corrected chi connectivity index (χ0v) is 20.4. The summed E-state index contributed by atoms with van der Waals surface area (Å²) in [5.74, 6) is 0.558. The number of nitriles is 1. The first-order chi connectivity index (χ1) is 17.6. The Kier molecular flexibility index (Phi) is 5.87. The molecule has 2 aliphatic rings. The van der Waals surface area contributed by atoms with Crippen LogP contribution in [0.1, 0.15) is 48.9 Å². The van der Waals surface area contributed by atoms with E-state index in [0.29, 0.717) is 22.9 Å². The molecule has 0 radical (unpaired) electrons. The van der Waals surface area contributed by atoms with Gasteiger partial charge >= 0.3 is 0 Å². The topological polar surface area (TPSA) is 106 Å². The largest absolute Gasteiger partial charge is 0.482 e. The molecule has 0 aliphatic carbocycles. The number of fused-ring (bicyclic) bond motifs is 1. The molecule has 2 atom stereocenters. The van der Waals surface area contributed by atoms with Gasteiger partial charge in [-0.25, -0.2) is 9.20 Å². The van der Waals surface area contributed by atoms with Gasteiger partial charge in [-0.05, 0) is 51.4 Å². The van der Waals surface area contributed by atoms with E-state index in [-0.39, 0.29) is 12.1 Å². The van der Waals surface area contributed by atoms with Gasteiger partial charge in [-0.1, -0.05) is 11.3 Å². The molecule has 2 aliphatic heterocycles. The third-order valence-corrected chi connectivity index (χ3v) is 7.22. The molecule has 184 valence electrons. The molecule has 36 heavy (non-hydrogen) atoms. The third kappa shape index (κ3) is 4.00. The number of hydrogen-bond donors (Lipinski definition) is 0. The van der Waals surface area contributed by atoms with Crippen LogP contribution in [0.15, 0.2) is 42.9 Å². The lowest BCUT2D eigenvalue weighted by atomic mass is 10.0. The highest BCUT2D eigenvalue weighted by molar-refractivity contribution is 5.74. The van der Waals surface area contributed by atoms with E-state index in [0.717, 1.165) is 61.8 Å². The Morgan fingerprint density at radius 1 is 1.25 bits per heavy atom. The lowest BCUT2D eigenvalue weighted by Crippen LogP contribution is -2.52. The van der Waals surface area contributed by atoms with E-state index >= 15 is 0 Å². The van der Waals surface area contributed by atoms with E-state index in [1.54, 1.807) is 16.9 Å². The first-order valence-electron chi connectivity index (χ1n) is 12.4. The minimum Gasteiger partial charge on any atom is -0.482 e. The molecular weight excluding hydrogens is 456 g/mol. The van der Waals surface area contributed by atoms with Crippen molar-refractivity contribution in [1.29, 1.82) is 5.26 Å². The van der Waals surface area contributed by atoms with Gasteiger partial charge in [0, 0.05) is 24.5 Å². The van der Waals surface area contributed by atoms with Crippen molar-refractivity contribution < 1.29 is 9.47 Å². The summed E-state index contributed by atoms with van der Waals surface area (Å²) in [6.07, 6.45) is 7.08. The molecule has 2 saturated heterocycles. The minimum atomic E-state index is -0.313. The summed E-state index contributed by atoms with van der Waals surface area (Å²) in [5, 5.41) is 23.2. The fourth-order valence-electron chi connectivity index (χ4n) is 5.16. The van der Waals surface area contributed by atoms with E-state index in [2.05, 4.69) is 43.0 Å². The van der Waals surface area contributed by atoms with E-state index in [1.807, 2.05) is 37.4 Å². The Morgan fingerprint density at radius 2 is 2.14 bits per heavy atom. The summed E-state index contributed by atoms with van der Waals surface area (Å²) >= 11 is 0. The predicted octanol–water partition coefficient (Wildman–Crippen LogP) is 3.34. The molecule has 4 aromatic heterocycles. The molecule has 0 saturated carbocycles. The number of likely N-dealkylation sites (tertiary alicyclic amines) is 1. The number of pyridine rings is 2. The Morgan fingerprint density at radius 3 is 2.89 bits per heavy atom. The van der Waals surface area contributed by atoms with Crippen LogP contribution in [-0.2, 0) is 4.74 Å². The Balaban J connectivity index is 1.34. The van der Waals surface area contributed by atoms with Crippen LogP contribution in [0.3, 0.4) is 0 Å². The highest BCUT2D eigenvalue weighted by atomic mass is 16.5. The maximum absolute atomic E-state index is 9.65. The van der Waals surface area contributed by atoms with Crippen molar-refractivity contribution in [2.45, 2.75) is 44.9 Å². The predicted molar refractivity (Wildman–Crippen MR) is 131 cm³/mol. The molecule has 6 rings (SSSR count). The van der Waals surface area contributed by atoms with Crippen LogP contribution in [0.5, 0.6) is 5.75 Å². The highest BCUT2D eigenvalue weighted by Crippen LogP contribution is 2.34. The SMILES string of the molecule is Cc1c(-c2cc(O[C@H](C)c3ccccn3)c3c(C#N)cnn3c2)nnn1[C@H]1CCCN(C2COC2)C1. The second-order valence-electron chi connectivity index (χ2n) is 9.52. The summed E-state index contributed by atoms with van der Waals surface area (Å²) in [6, 6.07) is 10.7. The van der Waals surface area contributed by atoms with Crippen LogP contribution in [0.4, 0.5) is 0 Å². The smallest absolute Gasteiger partial charge is 0.148 e. The Hall–Kier alpha value is -3.81. The number of piperidine rings is 1. The number of hydrogen-bond acceptors (Lipinski definition) is 8. The first kappa shape index (κ1) is 22.6. The van der Waals surface area contributed by atoms with Crippen molar-refractivity contribution in [3.05, 3.63) is 59.8 Å². The molecule has 0 spiro atoms. The van der Waals surface area contributed by atoms with Crippen LogP contribution in [-0.4, -0.2) is 66.8 Å². The van der Waals surface area contributed by atoms with Crippen molar-refractivity contribution in [1.82, 2.24) is 34.5 Å². The fraction of sp³-hybridized carbons (Fsp3) is 0.423. The average molecular weight is 485 g/mol. The molecule has 0 unspecified atom stereocenters. The molecule has 0 N–H and O–H groups in total. The molecule has 4 aromatic rings. The van der Waals surface area contributed by atoms with E-state index < -0.39 is 0 Å². The second kappa shape index (κ2) is 9.33. The number of nitrogens with zero attached hydrogens (tertiary/aromatic N) is 8. The standard InChI is InChI=1S/C26H28N8O2/c1-17-25(30-31-34(17)21-6-5-9-32(14-21)22-15-35-16-22)19-10-24(26-20(11-27)12-29-33(26)13-19)36-18(2)23-7-3-4-8-28-23/h3-4,7-8,10,12-13,18,21-22H,5-6,9,14-16H2,1-2H3/t18-,21+/m1/s1. The van der Waals surface area contributed by atoms with Crippen molar-refractivity contribution in [3.8, 4) is 23.1 Å². The normalized spacial score (nSPS) is 19.6. The Bertz CT molecular complexity index is 1420. The quantitative estimate of drug-likeness (QED) is 0.410. The molecule has 2 fully saturated rings. The molecule has 0 amide bonds. The average Bonchev–Trinajstić information content (AvgIpc) is 3.47. The van der Waals surface area contributed by atoms with Crippen molar-refractivity contribution in [2.24, 2.45) is 0 Å². The van der Waals surface area contributed by atoms with Crippen LogP contribution < -0.4 is 4.74 Å². The van der Waals surface area contributed by atoms with Gasteiger partial charge < -0.3 is 9.47 Å². The maximum Gasteiger partial charge on any atom is 0.148 e. The molecule has 0 aromatic carbocycles. The second-order valence-corrected chi connectivity index (χ2v) is 9.52. The van der Waals surface area contributed by atoms with Gasteiger partial charge in [-0.3, -0.25) is 9.88 Å². The summed E-state index contributed by atoms with van der Waals surface area (Å²) in [7, 11) is 0. The summed E-state index contributed by atoms with van der Waals surface area (Å²) in [6.45, 7) is 7.71. The van der Waals surface area contributed by atoms with Gasteiger partial charge in [0.15, 0.2) is 0 Å². The van der Waals surface area contributed by atoms with E-state index in [9.17, 15) is 5.26 Å². The van der Waals surface area contributed by atoms with E-state index in [1.165, 1.54) is 0 Å². The lowest BCUT2D eigenvalue weighted by Gasteiger charge is -2.42. The van der Waals surface area contributed by atoms with Crippen LogP contribution >= 0.6 is 0 Å². The summed E-state index contributed by atoms with van der Waals surface area (Å²) in [5.41, 5.74) is 4.50. The van der Waals surface area contributed by atoms with Gasteiger partial charge in [-0.15, -0.1) is 5.10 Å². The molecule has 6 heterocycles. The van der Waals surface area contributed by atoms with Gasteiger partial charge in [0.25, 0.3) is 0 Å². The lowest BCUT2D eigenvalue weighted by molar-refractivity contribution is -0.0758. The van der Waals surface area contributed by atoms with Crippen molar-refractivity contribution in [3.63, 3.8) is 0 Å².